The minimum Gasteiger partial charge on any atom is -0.367 e. The van der Waals surface area contributed by atoms with Crippen LogP contribution in [0.3, 0.4) is 0 Å². The van der Waals surface area contributed by atoms with Crippen molar-refractivity contribution < 1.29 is 9.18 Å². The number of nitrogens with zero attached hydrogens (tertiary/aromatic N) is 2. The van der Waals surface area contributed by atoms with Crippen LogP contribution < -0.4 is 4.90 Å². The monoisotopic (exact) mass is 460 g/mol. The maximum Gasteiger partial charge on any atom is 0.163 e. The Labute approximate surface area is 199 Å². The number of rotatable bonds is 5. The van der Waals surface area contributed by atoms with Gasteiger partial charge < -0.3 is 9.80 Å². The van der Waals surface area contributed by atoms with Gasteiger partial charge in [0.25, 0.3) is 0 Å². The summed E-state index contributed by atoms with van der Waals surface area (Å²) in [5.41, 5.74) is 3.69. The van der Waals surface area contributed by atoms with Gasteiger partial charge in [-0.3, -0.25) is 4.79 Å². The molecular weight excluding hydrogens is 431 g/mol. The number of fused-ring (bicyclic) bond motifs is 4. The van der Waals surface area contributed by atoms with E-state index in [-0.39, 0.29) is 11.6 Å². The van der Waals surface area contributed by atoms with E-state index in [1.54, 1.807) is 12.1 Å². The quantitative estimate of drug-likeness (QED) is 0.428. The van der Waals surface area contributed by atoms with E-state index in [0.717, 1.165) is 31.4 Å². The lowest BCUT2D eigenvalue weighted by Crippen LogP contribution is -2.46. The predicted molar refractivity (Wildman–Crippen MR) is 134 cm³/mol. The molecule has 3 aromatic carbocycles. The predicted octanol–water partition coefficient (Wildman–Crippen LogP) is 6.12. The lowest BCUT2D eigenvalue weighted by atomic mass is 9.89. The Balaban J connectivity index is 1.12. The second-order valence-corrected chi connectivity index (χ2v) is 10.7. The van der Waals surface area contributed by atoms with Crippen molar-refractivity contribution in [2.45, 2.75) is 42.5 Å². The van der Waals surface area contributed by atoms with Gasteiger partial charge in [-0.15, -0.1) is 11.8 Å². The van der Waals surface area contributed by atoms with Crippen molar-refractivity contribution in [2.75, 3.05) is 36.8 Å². The van der Waals surface area contributed by atoms with Crippen molar-refractivity contribution >= 4 is 34.0 Å². The fraction of sp³-hybridized carbons (Fsp3) is 0.393. The Hall–Kier alpha value is -2.37. The van der Waals surface area contributed by atoms with Crippen LogP contribution in [-0.4, -0.2) is 48.7 Å². The molecule has 3 aliphatic heterocycles. The van der Waals surface area contributed by atoms with Gasteiger partial charge in [-0.1, -0.05) is 36.4 Å². The van der Waals surface area contributed by atoms with Crippen LogP contribution in [0.4, 0.5) is 10.1 Å². The minimum atomic E-state index is -0.267. The number of carbonyl (C=O) groups is 1. The highest BCUT2D eigenvalue weighted by atomic mass is 32.2. The van der Waals surface area contributed by atoms with Crippen molar-refractivity contribution in [1.29, 1.82) is 0 Å². The molecule has 0 N–H and O–H groups in total. The standard InChI is InChI=1S/C28H29FN2OS/c29-24-12-11-21(19-6-1-2-7-20(19)24)26(32)9-4-14-30-16-13-25-23(18-30)22-8-3-10-27-28(22)31(25)15-5-17-33-27/h1-3,6-8,10-12,23,25H,4-5,9,13-18H2/t23-,25-/m0/s1. The smallest absolute Gasteiger partial charge is 0.163 e. The van der Waals surface area contributed by atoms with Crippen molar-refractivity contribution in [3.05, 3.63) is 71.5 Å². The van der Waals surface area contributed by atoms with Crippen LogP contribution in [0.5, 0.6) is 0 Å². The third-order valence-electron chi connectivity index (χ3n) is 7.63. The van der Waals surface area contributed by atoms with Crippen LogP contribution in [0.25, 0.3) is 10.8 Å². The van der Waals surface area contributed by atoms with Gasteiger partial charge in [0.1, 0.15) is 5.82 Å². The van der Waals surface area contributed by atoms with E-state index < -0.39 is 0 Å². The zero-order valence-electron chi connectivity index (χ0n) is 18.8. The Bertz CT molecular complexity index is 1210. The van der Waals surface area contributed by atoms with Crippen LogP contribution in [0.1, 0.15) is 47.5 Å². The topological polar surface area (TPSA) is 23.6 Å². The van der Waals surface area contributed by atoms with E-state index in [2.05, 4.69) is 28.0 Å². The molecule has 0 unspecified atom stereocenters. The van der Waals surface area contributed by atoms with Crippen LogP contribution in [0.2, 0.25) is 0 Å². The summed E-state index contributed by atoms with van der Waals surface area (Å²) >= 11 is 2.01. The highest BCUT2D eigenvalue weighted by Crippen LogP contribution is 2.50. The zero-order chi connectivity index (χ0) is 22.4. The molecule has 0 amide bonds. The van der Waals surface area contributed by atoms with Gasteiger partial charge in [-0.25, -0.2) is 4.39 Å². The summed E-state index contributed by atoms with van der Waals surface area (Å²) in [6, 6.07) is 17.8. The fourth-order valence-electron chi connectivity index (χ4n) is 6.12. The third-order valence-corrected chi connectivity index (χ3v) is 8.76. The number of piperidine rings is 1. The summed E-state index contributed by atoms with van der Waals surface area (Å²) in [6.45, 7) is 4.30. The van der Waals surface area contributed by atoms with E-state index in [1.165, 1.54) is 47.4 Å². The summed E-state index contributed by atoms with van der Waals surface area (Å²) < 4.78 is 14.1. The zero-order valence-corrected chi connectivity index (χ0v) is 19.6. The maximum absolute atomic E-state index is 14.1. The van der Waals surface area contributed by atoms with Crippen molar-refractivity contribution in [2.24, 2.45) is 0 Å². The van der Waals surface area contributed by atoms with Crippen molar-refractivity contribution in [3.63, 3.8) is 0 Å². The number of anilines is 1. The summed E-state index contributed by atoms with van der Waals surface area (Å²) in [5.74, 6) is 1.64. The third kappa shape index (κ3) is 3.75. The van der Waals surface area contributed by atoms with Crippen LogP contribution in [-0.2, 0) is 0 Å². The number of hydrogen-bond donors (Lipinski definition) is 0. The molecule has 0 saturated carbocycles. The maximum atomic E-state index is 14.1. The average molecular weight is 461 g/mol. The molecule has 1 fully saturated rings. The first-order valence-electron chi connectivity index (χ1n) is 12.2. The van der Waals surface area contributed by atoms with Gasteiger partial charge >= 0.3 is 0 Å². The summed E-state index contributed by atoms with van der Waals surface area (Å²) in [7, 11) is 0. The molecule has 0 aliphatic carbocycles. The SMILES string of the molecule is O=C(CCCN1CC[C@H]2[C@@H](C1)c1cccc3c1N2CCCS3)c1ccc(F)c2ccccc12. The summed E-state index contributed by atoms with van der Waals surface area (Å²) in [4.78, 5) is 19.7. The van der Waals surface area contributed by atoms with Gasteiger partial charge in [-0.05, 0) is 60.7 Å². The molecule has 0 bridgehead atoms. The highest BCUT2D eigenvalue weighted by molar-refractivity contribution is 7.99. The van der Waals surface area contributed by atoms with Gasteiger partial charge in [-0.2, -0.15) is 0 Å². The molecule has 3 heterocycles. The van der Waals surface area contributed by atoms with Gasteiger partial charge in [0.05, 0.1) is 5.69 Å². The normalized spacial score (nSPS) is 22.2. The number of likely N-dealkylation sites (tertiary alicyclic amines) is 1. The number of carbonyl (C=O) groups excluding carboxylic acids is 1. The first kappa shape index (κ1) is 21.2. The Kier molecular flexibility index (Phi) is 5.63. The van der Waals surface area contributed by atoms with Crippen LogP contribution in [0, 0.1) is 5.82 Å². The number of benzene rings is 3. The molecule has 0 radical (unpaired) electrons. The summed E-state index contributed by atoms with van der Waals surface area (Å²) in [5, 5.41) is 1.25. The summed E-state index contributed by atoms with van der Waals surface area (Å²) in [6.07, 6.45) is 3.80. The van der Waals surface area contributed by atoms with E-state index in [9.17, 15) is 9.18 Å². The molecule has 6 rings (SSSR count). The Morgan fingerprint density at radius 1 is 1.03 bits per heavy atom. The van der Waals surface area contributed by atoms with E-state index >= 15 is 0 Å². The molecule has 5 heteroatoms. The molecule has 3 aliphatic rings. The number of thioether (sulfide) groups is 1. The van der Waals surface area contributed by atoms with Gasteiger partial charge in [0, 0.05) is 53.9 Å². The van der Waals surface area contributed by atoms with E-state index in [4.69, 9.17) is 0 Å². The van der Waals surface area contributed by atoms with Crippen molar-refractivity contribution in [1.82, 2.24) is 4.90 Å². The number of halogens is 1. The lowest BCUT2D eigenvalue weighted by molar-refractivity contribution is 0.0972. The molecule has 170 valence electrons. The lowest BCUT2D eigenvalue weighted by Gasteiger charge is -2.39. The molecule has 0 aromatic heterocycles. The Morgan fingerprint density at radius 3 is 2.82 bits per heavy atom. The number of hydrogen-bond acceptors (Lipinski definition) is 4. The molecule has 3 nitrogen and oxygen atoms in total. The second-order valence-electron chi connectivity index (χ2n) is 9.52. The molecule has 0 spiro atoms. The van der Waals surface area contributed by atoms with Gasteiger partial charge in [0.15, 0.2) is 5.78 Å². The molecule has 2 atom stereocenters. The fourth-order valence-corrected chi connectivity index (χ4v) is 7.16. The van der Waals surface area contributed by atoms with Crippen LogP contribution >= 0.6 is 11.8 Å². The first-order chi connectivity index (χ1) is 16.2. The van der Waals surface area contributed by atoms with Gasteiger partial charge in [0.2, 0.25) is 0 Å². The second kappa shape index (κ2) is 8.77. The van der Waals surface area contributed by atoms with E-state index in [1.807, 2.05) is 30.0 Å². The average Bonchev–Trinajstić information content (AvgIpc) is 2.99. The van der Waals surface area contributed by atoms with Crippen LogP contribution in [0.15, 0.2) is 59.5 Å². The molecular formula is C28H29FN2OS. The number of Topliss-reactive ketones (excluding diaryl/α,β-unsaturated/α-hetero) is 1. The first-order valence-corrected chi connectivity index (χ1v) is 13.1. The largest absolute Gasteiger partial charge is 0.367 e. The minimum absolute atomic E-state index is 0.113. The Morgan fingerprint density at radius 2 is 1.91 bits per heavy atom. The highest BCUT2D eigenvalue weighted by Gasteiger charge is 2.43. The molecule has 1 saturated heterocycles. The number of ketones is 1. The molecule has 33 heavy (non-hydrogen) atoms. The molecule has 3 aromatic rings. The van der Waals surface area contributed by atoms with E-state index in [0.29, 0.717) is 29.3 Å². The number of para-hydroxylation sites is 1. The van der Waals surface area contributed by atoms with Crippen molar-refractivity contribution in [3.8, 4) is 0 Å².